The SMILES string of the molecule is NC1CCC(NC(=O)c2ccc(N3CCCN(C(=O)c4ccccc4)CC3)c([N+](=O)[O-])c2)CC1. The predicted molar refractivity (Wildman–Crippen MR) is 130 cm³/mol. The number of nitro groups is 1. The van der Waals surface area contributed by atoms with Gasteiger partial charge < -0.3 is 20.9 Å². The number of benzene rings is 2. The van der Waals surface area contributed by atoms with Crippen LogP contribution in [0.25, 0.3) is 0 Å². The molecular formula is C25H31N5O4. The molecule has 0 radical (unpaired) electrons. The first-order chi connectivity index (χ1) is 16.4. The summed E-state index contributed by atoms with van der Waals surface area (Å²) in [6.07, 6.45) is 4.06. The number of anilines is 1. The Morgan fingerprint density at radius 3 is 2.38 bits per heavy atom. The molecule has 2 fully saturated rings. The van der Waals surface area contributed by atoms with E-state index in [1.165, 1.54) is 6.07 Å². The lowest BCUT2D eigenvalue weighted by Gasteiger charge is -2.27. The van der Waals surface area contributed by atoms with Crippen molar-refractivity contribution in [2.24, 2.45) is 5.73 Å². The van der Waals surface area contributed by atoms with Crippen LogP contribution >= 0.6 is 0 Å². The maximum absolute atomic E-state index is 12.8. The Morgan fingerprint density at radius 1 is 0.941 bits per heavy atom. The number of carbonyl (C=O) groups is 2. The second-order valence-electron chi connectivity index (χ2n) is 9.04. The maximum atomic E-state index is 12.8. The molecule has 180 valence electrons. The molecule has 2 amide bonds. The molecule has 0 aromatic heterocycles. The normalized spacial score (nSPS) is 21.0. The second-order valence-corrected chi connectivity index (χ2v) is 9.04. The number of nitro benzene ring substituents is 1. The summed E-state index contributed by atoms with van der Waals surface area (Å²) in [6, 6.07) is 14.0. The molecule has 0 spiro atoms. The summed E-state index contributed by atoms with van der Waals surface area (Å²) < 4.78 is 0. The molecule has 1 saturated carbocycles. The summed E-state index contributed by atoms with van der Waals surface area (Å²) in [4.78, 5) is 40.7. The highest BCUT2D eigenvalue weighted by Gasteiger charge is 2.27. The third kappa shape index (κ3) is 5.53. The van der Waals surface area contributed by atoms with Crippen molar-refractivity contribution >= 4 is 23.2 Å². The second kappa shape index (κ2) is 10.6. The number of nitrogens with two attached hydrogens (primary N) is 1. The minimum Gasteiger partial charge on any atom is -0.364 e. The Hall–Kier alpha value is -3.46. The molecule has 1 aliphatic heterocycles. The lowest BCUT2D eigenvalue weighted by Crippen LogP contribution is -2.40. The summed E-state index contributed by atoms with van der Waals surface area (Å²) in [5.74, 6) is -0.335. The summed E-state index contributed by atoms with van der Waals surface area (Å²) in [5, 5.41) is 14.9. The van der Waals surface area contributed by atoms with Crippen molar-refractivity contribution in [2.75, 3.05) is 31.1 Å². The highest BCUT2D eigenvalue weighted by Crippen LogP contribution is 2.30. The first-order valence-electron chi connectivity index (χ1n) is 11.9. The molecule has 2 aromatic rings. The average molecular weight is 466 g/mol. The van der Waals surface area contributed by atoms with Crippen LogP contribution in [-0.2, 0) is 0 Å². The zero-order valence-electron chi connectivity index (χ0n) is 19.2. The average Bonchev–Trinajstić information content (AvgIpc) is 3.11. The van der Waals surface area contributed by atoms with Gasteiger partial charge in [0.2, 0.25) is 0 Å². The van der Waals surface area contributed by atoms with Crippen LogP contribution in [0.15, 0.2) is 48.5 Å². The van der Waals surface area contributed by atoms with E-state index in [9.17, 15) is 19.7 Å². The number of amides is 2. The van der Waals surface area contributed by atoms with Crippen LogP contribution in [0.4, 0.5) is 11.4 Å². The molecule has 9 heteroatoms. The number of rotatable bonds is 5. The highest BCUT2D eigenvalue weighted by atomic mass is 16.6. The van der Waals surface area contributed by atoms with Gasteiger partial charge in [-0.2, -0.15) is 0 Å². The Morgan fingerprint density at radius 2 is 1.68 bits per heavy atom. The zero-order valence-corrected chi connectivity index (χ0v) is 19.2. The number of hydrogen-bond donors (Lipinski definition) is 2. The third-order valence-corrected chi connectivity index (χ3v) is 6.69. The number of nitrogens with one attached hydrogen (secondary N) is 1. The molecule has 4 rings (SSSR count). The van der Waals surface area contributed by atoms with E-state index in [1.54, 1.807) is 29.2 Å². The molecule has 0 atom stereocenters. The van der Waals surface area contributed by atoms with Crippen molar-refractivity contribution in [2.45, 2.75) is 44.2 Å². The van der Waals surface area contributed by atoms with Gasteiger partial charge in [0.1, 0.15) is 5.69 Å². The first-order valence-corrected chi connectivity index (χ1v) is 11.9. The lowest BCUT2D eigenvalue weighted by atomic mass is 9.91. The number of nitrogens with zero attached hydrogens (tertiary/aromatic N) is 3. The van der Waals surface area contributed by atoms with Gasteiger partial charge in [-0.05, 0) is 56.4 Å². The van der Waals surface area contributed by atoms with Gasteiger partial charge in [0.05, 0.1) is 4.92 Å². The molecule has 1 heterocycles. The summed E-state index contributed by atoms with van der Waals surface area (Å²) >= 11 is 0. The quantitative estimate of drug-likeness (QED) is 0.517. The van der Waals surface area contributed by atoms with Gasteiger partial charge in [0, 0.05) is 55.5 Å². The van der Waals surface area contributed by atoms with E-state index in [-0.39, 0.29) is 35.1 Å². The number of carbonyl (C=O) groups excluding carboxylic acids is 2. The van der Waals surface area contributed by atoms with Crippen molar-refractivity contribution in [1.82, 2.24) is 10.2 Å². The minimum absolute atomic E-state index is 0.0346. The van der Waals surface area contributed by atoms with Gasteiger partial charge in [-0.25, -0.2) is 0 Å². The Balaban J connectivity index is 1.45. The smallest absolute Gasteiger partial charge is 0.293 e. The summed E-state index contributed by atoms with van der Waals surface area (Å²) in [7, 11) is 0. The molecule has 2 aromatic carbocycles. The predicted octanol–water partition coefficient (Wildman–Crippen LogP) is 2.95. The van der Waals surface area contributed by atoms with Crippen molar-refractivity contribution in [3.8, 4) is 0 Å². The molecule has 3 N–H and O–H groups in total. The molecule has 9 nitrogen and oxygen atoms in total. The van der Waals surface area contributed by atoms with Gasteiger partial charge in [-0.3, -0.25) is 19.7 Å². The molecule has 2 aliphatic rings. The highest BCUT2D eigenvalue weighted by molar-refractivity contribution is 5.96. The van der Waals surface area contributed by atoms with E-state index in [0.717, 1.165) is 25.7 Å². The molecule has 34 heavy (non-hydrogen) atoms. The Labute approximate surface area is 199 Å². The van der Waals surface area contributed by atoms with Gasteiger partial charge in [0.25, 0.3) is 17.5 Å². The van der Waals surface area contributed by atoms with Crippen molar-refractivity contribution < 1.29 is 14.5 Å². The largest absolute Gasteiger partial charge is 0.364 e. The van der Waals surface area contributed by atoms with E-state index in [0.29, 0.717) is 43.9 Å². The van der Waals surface area contributed by atoms with E-state index < -0.39 is 4.92 Å². The molecule has 1 saturated heterocycles. The fourth-order valence-electron chi connectivity index (χ4n) is 4.74. The third-order valence-electron chi connectivity index (χ3n) is 6.69. The van der Waals surface area contributed by atoms with Crippen molar-refractivity contribution in [1.29, 1.82) is 0 Å². The van der Waals surface area contributed by atoms with Crippen LogP contribution in [0.1, 0.15) is 52.8 Å². The van der Waals surface area contributed by atoms with Crippen LogP contribution in [0.3, 0.4) is 0 Å². The van der Waals surface area contributed by atoms with Crippen LogP contribution in [-0.4, -0.2) is 59.9 Å². The fraction of sp³-hybridized carbons (Fsp3) is 0.440. The lowest BCUT2D eigenvalue weighted by molar-refractivity contribution is -0.384. The van der Waals surface area contributed by atoms with Gasteiger partial charge >= 0.3 is 0 Å². The van der Waals surface area contributed by atoms with E-state index in [1.807, 2.05) is 23.1 Å². The Bertz CT molecular complexity index is 1040. The van der Waals surface area contributed by atoms with Crippen molar-refractivity contribution in [3.05, 3.63) is 69.8 Å². The fourth-order valence-corrected chi connectivity index (χ4v) is 4.74. The minimum atomic E-state index is -0.441. The van der Waals surface area contributed by atoms with E-state index in [2.05, 4.69) is 5.32 Å². The zero-order chi connectivity index (χ0) is 24.1. The van der Waals surface area contributed by atoms with Gasteiger partial charge in [-0.15, -0.1) is 0 Å². The number of hydrogen-bond acceptors (Lipinski definition) is 6. The van der Waals surface area contributed by atoms with E-state index >= 15 is 0 Å². The van der Waals surface area contributed by atoms with Crippen LogP contribution in [0, 0.1) is 10.1 Å². The molecular weight excluding hydrogens is 434 g/mol. The monoisotopic (exact) mass is 465 g/mol. The van der Waals surface area contributed by atoms with Crippen molar-refractivity contribution in [3.63, 3.8) is 0 Å². The molecule has 1 aliphatic carbocycles. The first kappa shape index (κ1) is 23.7. The Kier molecular flexibility index (Phi) is 7.42. The van der Waals surface area contributed by atoms with Crippen LogP contribution in [0.2, 0.25) is 0 Å². The summed E-state index contributed by atoms with van der Waals surface area (Å²) in [6.45, 7) is 2.13. The van der Waals surface area contributed by atoms with E-state index in [4.69, 9.17) is 5.73 Å². The van der Waals surface area contributed by atoms with Gasteiger partial charge in [0.15, 0.2) is 0 Å². The van der Waals surface area contributed by atoms with Crippen LogP contribution in [0.5, 0.6) is 0 Å². The summed E-state index contributed by atoms with van der Waals surface area (Å²) in [5.41, 5.74) is 7.22. The topological polar surface area (TPSA) is 122 Å². The molecule has 0 bridgehead atoms. The standard InChI is InChI=1S/C25H31N5O4/c26-20-8-10-21(11-9-20)27-24(31)19-7-12-22(23(17-19)30(33)34)28-13-4-14-29(16-15-28)25(32)18-5-2-1-3-6-18/h1-3,5-7,12,17,20-21H,4,8-11,13-16,26H2,(H,27,31). The maximum Gasteiger partial charge on any atom is 0.293 e. The van der Waals surface area contributed by atoms with Gasteiger partial charge in [-0.1, -0.05) is 18.2 Å². The molecule has 0 unspecified atom stereocenters. The van der Waals surface area contributed by atoms with Crippen LogP contribution < -0.4 is 16.0 Å².